The van der Waals surface area contributed by atoms with Crippen LogP contribution in [-0.4, -0.2) is 5.78 Å². The Morgan fingerprint density at radius 1 is 1.17 bits per heavy atom. The summed E-state index contributed by atoms with van der Waals surface area (Å²) >= 11 is 0. The van der Waals surface area contributed by atoms with Crippen LogP contribution in [-0.2, 0) is 0 Å². The van der Waals surface area contributed by atoms with E-state index >= 15 is 0 Å². The van der Waals surface area contributed by atoms with Crippen molar-refractivity contribution in [3.63, 3.8) is 0 Å². The summed E-state index contributed by atoms with van der Waals surface area (Å²) in [6.07, 6.45) is 0. The molecule has 2 aromatic rings. The molecule has 0 aliphatic rings. The molecule has 0 unspecified atom stereocenters. The van der Waals surface area contributed by atoms with E-state index in [9.17, 15) is 9.18 Å². The van der Waals surface area contributed by atoms with Crippen LogP contribution in [0.15, 0.2) is 42.5 Å². The van der Waals surface area contributed by atoms with Gasteiger partial charge in [-0.05, 0) is 31.2 Å². The Labute approximate surface area is 104 Å². The predicted octanol–water partition coefficient (Wildman–Crippen LogP) is 3.40. The van der Waals surface area contributed by atoms with Crippen LogP contribution in [0.25, 0.3) is 0 Å². The lowest BCUT2D eigenvalue weighted by Gasteiger charge is -2.08. The number of carbonyl (C=O) groups excluding carboxylic acids is 1. The summed E-state index contributed by atoms with van der Waals surface area (Å²) in [5, 5.41) is 0. The van der Waals surface area contributed by atoms with Gasteiger partial charge in [0.15, 0.2) is 5.78 Å². The normalized spacial score (nSPS) is 10.1. The van der Waals surface area contributed by atoms with Gasteiger partial charge < -0.3 is 10.5 Å². The van der Waals surface area contributed by atoms with E-state index in [-0.39, 0.29) is 11.6 Å². The first-order valence-corrected chi connectivity index (χ1v) is 5.40. The minimum atomic E-state index is -0.374. The lowest BCUT2D eigenvalue weighted by Crippen LogP contribution is -1.99. The van der Waals surface area contributed by atoms with Crippen molar-refractivity contribution in [3.8, 4) is 11.5 Å². The molecule has 3 nitrogen and oxygen atoms in total. The van der Waals surface area contributed by atoms with Crippen LogP contribution in [0.4, 0.5) is 10.1 Å². The van der Waals surface area contributed by atoms with Crippen LogP contribution in [0.3, 0.4) is 0 Å². The van der Waals surface area contributed by atoms with Crippen LogP contribution in [0, 0.1) is 5.82 Å². The number of anilines is 1. The number of benzene rings is 2. The second-order valence-electron chi connectivity index (χ2n) is 3.86. The Morgan fingerprint density at radius 2 is 1.89 bits per heavy atom. The highest BCUT2D eigenvalue weighted by atomic mass is 19.1. The van der Waals surface area contributed by atoms with Gasteiger partial charge in [-0.3, -0.25) is 4.79 Å². The predicted molar refractivity (Wildman–Crippen MR) is 67.3 cm³/mol. The van der Waals surface area contributed by atoms with Crippen molar-refractivity contribution in [2.45, 2.75) is 6.92 Å². The summed E-state index contributed by atoms with van der Waals surface area (Å²) < 4.78 is 18.4. The lowest BCUT2D eigenvalue weighted by molar-refractivity contribution is 0.101. The maximum absolute atomic E-state index is 13.0. The van der Waals surface area contributed by atoms with Crippen molar-refractivity contribution in [1.82, 2.24) is 0 Å². The summed E-state index contributed by atoms with van der Waals surface area (Å²) in [4.78, 5) is 11.2. The highest BCUT2D eigenvalue weighted by Crippen LogP contribution is 2.25. The van der Waals surface area contributed by atoms with Gasteiger partial charge in [-0.1, -0.05) is 6.07 Å². The molecule has 2 N–H and O–H groups in total. The molecule has 0 saturated heterocycles. The molecule has 0 radical (unpaired) electrons. The average Bonchev–Trinajstić information content (AvgIpc) is 2.28. The molecule has 0 aliphatic carbocycles. The van der Waals surface area contributed by atoms with Gasteiger partial charge in [-0.2, -0.15) is 0 Å². The number of ether oxygens (including phenoxy) is 1. The molecule has 0 bridgehead atoms. The lowest BCUT2D eigenvalue weighted by atomic mass is 10.1. The summed E-state index contributed by atoms with van der Waals surface area (Å²) in [5.74, 6) is 0.360. The third-order valence-corrected chi connectivity index (χ3v) is 2.43. The Kier molecular flexibility index (Phi) is 3.28. The van der Waals surface area contributed by atoms with Crippen LogP contribution in [0.2, 0.25) is 0 Å². The number of Topliss-reactive ketones (excluding diaryl/α,β-unsaturated/α-hetero) is 1. The first kappa shape index (κ1) is 12.1. The van der Waals surface area contributed by atoms with Gasteiger partial charge in [0.05, 0.1) is 0 Å². The van der Waals surface area contributed by atoms with Gasteiger partial charge in [-0.15, -0.1) is 0 Å². The van der Waals surface area contributed by atoms with Crippen molar-refractivity contribution >= 4 is 11.5 Å². The van der Waals surface area contributed by atoms with Gasteiger partial charge in [-0.25, -0.2) is 4.39 Å². The molecule has 2 rings (SSSR count). The van der Waals surface area contributed by atoms with Gasteiger partial charge in [0.25, 0.3) is 0 Å². The molecular formula is C14H12FNO2. The number of nitrogens with two attached hydrogens (primary N) is 1. The Morgan fingerprint density at radius 3 is 2.50 bits per heavy atom. The zero-order valence-corrected chi connectivity index (χ0v) is 9.81. The van der Waals surface area contributed by atoms with E-state index in [1.165, 1.54) is 19.1 Å². The van der Waals surface area contributed by atoms with Crippen molar-refractivity contribution in [2.75, 3.05) is 5.73 Å². The van der Waals surface area contributed by atoms with Crippen molar-refractivity contribution in [3.05, 3.63) is 53.8 Å². The standard InChI is InChI=1S/C14H12FNO2/c1-9(17)13-6-5-12(8-14(13)16)18-11-4-2-3-10(15)7-11/h2-8H,16H2,1H3. The first-order chi connectivity index (χ1) is 8.56. The Bertz CT molecular complexity index is 596. The fourth-order valence-corrected chi connectivity index (χ4v) is 1.59. The molecule has 18 heavy (non-hydrogen) atoms. The maximum Gasteiger partial charge on any atom is 0.161 e. The molecule has 0 fully saturated rings. The number of carbonyl (C=O) groups is 1. The molecule has 0 atom stereocenters. The second-order valence-corrected chi connectivity index (χ2v) is 3.86. The fraction of sp³-hybridized carbons (Fsp3) is 0.0714. The summed E-state index contributed by atoms with van der Waals surface area (Å²) in [6.45, 7) is 1.44. The highest BCUT2D eigenvalue weighted by molar-refractivity contribution is 5.99. The number of nitrogen functional groups attached to an aromatic ring is 1. The third kappa shape index (κ3) is 2.66. The van der Waals surface area contributed by atoms with E-state index in [1.807, 2.05) is 0 Å². The Balaban J connectivity index is 2.25. The minimum Gasteiger partial charge on any atom is -0.457 e. The molecular weight excluding hydrogens is 233 g/mol. The number of ketones is 1. The molecule has 0 amide bonds. The second kappa shape index (κ2) is 4.87. The van der Waals surface area contributed by atoms with E-state index in [1.54, 1.807) is 30.3 Å². The van der Waals surface area contributed by atoms with Gasteiger partial charge in [0.1, 0.15) is 17.3 Å². The van der Waals surface area contributed by atoms with Crippen molar-refractivity contribution in [2.24, 2.45) is 0 Å². The highest BCUT2D eigenvalue weighted by Gasteiger charge is 2.06. The fourth-order valence-electron chi connectivity index (χ4n) is 1.59. The number of rotatable bonds is 3. The molecule has 2 aromatic carbocycles. The van der Waals surface area contributed by atoms with Gasteiger partial charge >= 0.3 is 0 Å². The van der Waals surface area contributed by atoms with E-state index in [4.69, 9.17) is 10.5 Å². The largest absolute Gasteiger partial charge is 0.457 e. The van der Waals surface area contributed by atoms with Crippen molar-refractivity contribution < 1.29 is 13.9 Å². The van der Waals surface area contributed by atoms with E-state index in [0.717, 1.165) is 0 Å². The van der Waals surface area contributed by atoms with Gasteiger partial charge in [0.2, 0.25) is 0 Å². The molecule has 4 heteroatoms. The van der Waals surface area contributed by atoms with Crippen LogP contribution < -0.4 is 10.5 Å². The summed E-state index contributed by atoms with van der Waals surface area (Å²) in [5.41, 5.74) is 6.52. The minimum absolute atomic E-state index is 0.107. The van der Waals surface area contributed by atoms with E-state index in [2.05, 4.69) is 0 Å². The third-order valence-electron chi connectivity index (χ3n) is 2.43. The molecule has 0 aromatic heterocycles. The van der Waals surface area contributed by atoms with Crippen molar-refractivity contribution in [1.29, 1.82) is 0 Å². The number of hydrogen-bond acceptors (Lipinski definition) is 3. The average molecular weight is 245 g/mol. The first-order valence-electron chi connectivity index (χ1n) is 5.40. The topological polar surface area (TPSA) is 52.3 Å². The molecule has 92 valence electrons. The number of hydrogen-bond donors (Lipinski definition) is 1. The van der Waals surface area contributed by atoms with Gasteiger partial charge in [0, 0.05) is 23.4 Å². The number of halogens is 1. The monoisotopic (exact) mass is 245 g/mol. The zero-order chi connectivity index (χ0) is 13.1. The van der Waals surface area contributed by atoms with E-state index in [0.29, 0.717) is 22.7 Å². The Hall–Kier alpha value is -2.36. The van der Waals surface area contributed by atoms with Crippen LogP contribution in [0.5, 0.6) is 11.5 Å². The molecule has 0 aliphatic heterocycles. The smallest absolute Gasteiger partial charge is 0.161 e. The van der Waals surface area contributed by atoms with Crippen LogP contribution in [0.1, 0.15) is 17.3 Å². The SMILES string of the molecule is CC(=O)c1ccc(Oc2cccc(F)c2)cc1N. The van der Waals surface area contributed by atoms with E-state index < -0.39 is 0 Å². The summed E-state index contributed by atoms with van der Waals surface area (Å²) in [6, 6.07) is 10.6. The van der Waals surface area contributed by atoms with Crippen LogP contribution >= 0.6 is 0 Å². The molecule has 0 heterocycles. The molecule has 0 saturated carbocycles. The summed E-state index contributed by atoms with van der Waals surface area (Å²) in [7, 11) is 0. The quantitative estimate of drug-likeness (QED) is 0.666. The maximum atomic E-state index is 13.0. The molecule has 0 spiro atoms. The zero-order valence-electron chi connectivity index (χ0n) is 9.81.